The van der Waals surface area contributed by atoms with E-state index in [4.69, 9.17) is 10.8 Å². The van der Waals surface area contributed by atoms with Crippen molar-refractivity contribution in [3.05, 3.63) is 29.8 Å². The zero-order valence-corrected chi connectivity index (χ0v) is 12.0. The van der Waals surface area contributed by atoms with E-state index in [0.717, 1.165) is 5.56 Å². The lowest BCUT2D eigenvalue weighted by Crippen LogP contribution is -2.50. The first-order valence-corrected chi connectivity index (χ1v) is 6.82. The standard InChI is InChI=1S/C15H22N2O3/c1-3-15(16,4-2)14(20)17-12-7-5-6-11(10-12)8-9-13(18)19/h5-7,10H,3-4,8-9,16H2,1-2H3,(H,17,20)(H,18,19). The zero-order valence-electron chi connectivity index (χ0n) is 12.0. The zero-order chi connectivity index (χ0) is 15.2. The molecule has 0 aliphatic rings. The fourth-order valence-corrected chi connectivity index (χ4v) is 1.88. The summed E-state index contributed by atoms with van der Waals surface area (Å²) in [6, 6.07) is 7.19. The molecule has 4 N–H and O–H groups in total. The maximum absolute atomic E-state index is 12.1. The number of hydrogen-bond acceptors (Lipinski definition) is 3. The lowest BCUT2D eigenvalue weighted by atomic mass is 9.93. The molecule has 0 saturated carbocycles. The van der Waals surface area contributed by atoms with Crippen molar-refractivity contribution in [1.29, 1.82) is 0 Å². The first-order valence-electron chi connectivity index (χ1n) is 6.82. The number of aliphatic carboxylic acids is 1. The van der Waals surface area contributed by atoms with Crippen LogP contribution in [0.15, 0.2) is 24.3 Å². The number of carboxylic acids is 1. The summed E-state index contributed by atoms with van der Waals surface area (Å²) in [5.74, 6) is -1.05. The second kappa shape index (κ2) is 7.05. The maximum Gasteiger partial charge on any atom is 0.303 e. The molecule has 0 fully saturated rings. The molecule has 0 aromatic heterocycles. The number of carbonyl (C=O) groups is 2. The summed E-state index contributed by atoms with van der Waals surface area (Å²) in [6.07, 6.45) is 1.64. The van der Waals surface area contributed by atoms with Crippen LogP contribution in [0.1, 0.15) is 38.7 Å². The van der Waals surface area contributed by atoms with Crippen LogP contribution in [0.4, 0.5) is 5.69 Å². The van der Waals surface area contributed by atoms with Gasteiger partial charge in [-0.15, -0.1) is 0 Å². The Morgan fingerprint density at radius 3 is 2.50 bits per heavy atom. The monoisotopic (exact) mass is 278 g/mol. The minimum atomic E-state index is -0.864. The van der Waals surface area contributed by atoms with Gasteiger partial charge in [-0.3, -0.25) is 9.59 Å². The molecule has 1 rings (SSSR count). The van der Waals surface area contributed by atoms with E-state index in [1.165, 1.54) is 0 Å². The Balaban J connectivity index is 2.75. The topological polar surface area (TPSA) is 92.4 Å². The van der Waals surface area contributed by atoms with Crippen LogP contribution in [0.25, 0.3) is 0 Å². The van der Waals surface area contributed by atoms with Crippen LogP contribution >= 0.6 is 0 Å². The number of carbonyl (C=O) groups excluding carboxylic acids is 1. The average molecular weight is 278 g/mol. The fourth-order valence-electron chi connectivity index (χ4n) is 1.88. The highest BCUT2D eigenvalue weighted by atomic mass is 16.4. The molecule has 0 radical (unpaired) electrons. The molecule has 1 aromatic carbocycles. The van der Waals surface area contributed by atoms with Gasteiger partial charge in [-0.05, 0) is 37.0 Å². The smallest absolute Gasteiger partial charge is 0.303 e. The van der Waals surface area contributed by atoms with Crippen LogP contribution in [-0.4, -0.2) is 22.5 Å². The Hall–Kier alpha value is -1.88. The predicted octanol–water partition coefficient (Wildman–Crippen LogP) is 2.16. The molecule has 0 unspecified atom stereocenters. The van der Waals surface area contributed by atoms with E-state index in [9.17, 15) is 9.59 Å². The van der Waals surface area contributed by atoms with Crippen LogP contribution in [-0.2, 0) is 16.0 Å². The highest BCUT2D eigenvalue weighted by molar-refractivity contribution is 5.97. The van der Waals surface area contributed by atoms with E-state index >= 15 is 0 Å². The highest BCUT2D eigenvalue weighted by Crippen LogP contribution is 2.17. The summed E-state index contributed by atoms with van der Waals surface area (Å²) in [7, 11) is 0. The summed E-state index contributed by atoms with van der Waals surface area (Å²) < 4.78 is 0. The molecule has 0 aliphatic heterocycles. The molecular weight excluding hydrogens is 256 g/mol. The molecule has 5 nitrogen and oxygen atoms in total. The van der Waals surface area contributed by atoms with Gasteiger partial charge >= 0.3 is 5.97 Å². The first kappa shape index (κ1) is 16.2. The second-order valence-corrected chi connectivity index (χ2v) is 4.91. The number of carboxylic acid groups (broad SMARTS) is 1. The third kappa shape index (κ3) is 4.35. The van der Waals surface area contributed by atoms with Crippen LogP contribution in [0.3, 0.4) is 0 Å². The molecule has 110 valence electrons. The third-order valence-electron chi connectivity index (χ3n) is 3.53. The number of benzene rings is 1. The Bertz CT molecular complexity index is 482. The Morgan fingerprint density at radius 1 is 1.30 bits per heavy atom. The van der Waals surface area contributed by atoms with Crippen molar-refractivity contribution < 1.29 is 14.7 Å². The quantitative estimate of drug-likeness (QED) is 0.712. The summed E-state index contributed by atoms with van der Waals surface area (Å²) in [4.78, 5) is 22.7. The van der Waals surface area contributed by atoms with E-state index < -0.39 is 11.5 Å². The number of hydrogen-bond donors (Lipinski definition) is 3. The van der Waals surface area contributed by atoms with Gasteiger partial charge in [-0.1, -0.05) is 26.0 Å². The minimum absolute atomic E-state index is 0.0716. The maximum atomic E-state index is 12.1. The van der Waals surface area contributed by atoms with E-state index in [1.807, 2.05) is 19.9 Å². The van der Waals surface area contributed by atoms with Crippen molar-refractivity contribution >= 4 is 17.6 Å². The van der Waals surface area contributed by atoms with Crippen LogP contribution < -0.4 is 11.1 Å². The number of nitrogens with two attached hydrogens (primary N) is 1. The molecular formula is C15H22N2O3. The van der Waals surface area contributed by atoms with Crippen molar-refractivity contribution in [2.45, 2.75) is 45.1 Å². The SMILES string of the molecule is CCC(N)(CC)C(=O)Nc1cccc(CCC(=O)O)c1. The van der Waals surface area contributed by atoms with Gasteiger partial charge in [-0.2, -0.15) is 0 Å². The molecule has 1 aromatic rings. The lowest BCUT2D eigenvalue weighted by Gasteiger charge is -2.25. The lowest BCUT2D eigenvalue weighted by molar-refractivity contribution is -0.137. The number of nitrogens with one attached hydrogen (secondary N) is 1. The fraction of sp³-hybridized carbons (Fsp3) is 0.467. The van der Waals surface area contributed by atoms with Gasteiger partial charge in [0.25, 0.3) is 0 Å². The van der Waals surface area contributed by atoms with Gasteiger partial charge in [0.2, 0.25) is 5.91 Å². The van der Waals surface area contributed by atoms with Crippen molar-refractivity contribution in [2.24, 2.45) is 5.73 Å². The van der Waals surface area contributed by atoms with Crippen molar-refractivity contribution in [3.63, 3.8) is 0 Å². The number of aryl methyl sites for hydroxylation is 1. The number of rotatable bonds is 7. The molecule has 0 atom stereocenters. The van der Waals surface area contributed by atoms with Gasteiger partial charge in [0.1, 0.15) is 0 Å². The van der Waals surface area contributed by atoms with E-state index in [1.54, 1.807) is 18.2 Å². The normalized spacial score (nSPS) is 11.2. The van der Waals surface area contributed by atoms with Gasteiger partial charge in [0.05, 0.1) is 5.54 Å². The summed E-state index contributed by atoms with van der Waals surface area (Å²) in [6.45, 7) is 3.76. The van der Waals surface area contributed by atoms with Crippen molar-refractivity contribution in [2.75, 3.05) is 5.32 Å². The van der Waals surface area contributed by atoms with Gasteiger partial charge in [0, 0.05) is 12.1 Å². The van der Waals surface area contributed by atoms with Crippen LogP contribution in [0.2, 0.25) is 0 Å². The third-order valence-corrected chi connectivity index (χ3v) is 3.53. The van der Waals surface area contributed by atoms with E-state index in [2.05, 4.69) is 5.32 Å². The summed E-state index contributed by atoms with van der Waals surface area (Å²) in [5, 5.41) is 11.5. The molecule has 20 heavy (non-hydrogen) atoms. The Kier molecular flexibility index (Phi) is 5.70. The van der Waals surface area contributed by atoms with Gasteiger partial charge in [-0.25, -0.2) is 0 Å². The first-order chi connectivity index (χ1) is 9.41. The van der Waals surface area contributed by atoms with E-state index in [0.29, 0.717) is 24.9 Å². The van der Waals surface area contributed by atoms with Crippen LogP contribution in [0, 0.1) is 0 Å². The van der Waals surface area contributed by atoms with Gasteiger partial charge in [0.15, 0.2) is 0 Å². The molecule has 1 amide bonds. The Labute approximate surface area is 119 Å². The largest absolute Gasteiger partial charge is 0.481 e. The summed E-state index contributed by atoms with van der Waals surface area (Å²) in [5.41, 5.74) is 6.69. The van der Waals surface area contributed by atoms with Crippen LogP contribution in [0.5, 0.6) is 0 Å². The molecule has 0 spiro atoms. The molecule has 5 heteroatoms. The van der Waals surface area contributed by atoms with E-state index in [-0.39, 0.29) is 12.3 Å². The molecule has 0 heterocycles. The predicted molar refractivity (Wildman–Crippen MR) is 78.5 cm³/mol. The van der Waals surface area contributed by atoms with Crippen molar-refractivity contribution in [3.8, 4) is 0 Å². The molecule has 0 saturated heterocycles. The Morgan fingerprint density at radius 2 is 1.95 bits per heavy atom. The molecule has 0 aliphatic carbocycles. The number of amides is 1. The minimum Gasteiger partial charge on any atom is -0.481 e. The second-order valence-electron chi connectivity index (χ2n) is 4.91. The molecule has 0 bridgehead atoms. The summed E-state index contributed by atoms with van der Waals surface area (Å²) >= 11 is 0. The highest BCUT2D eigenvalue weighted by Gasteiger charge is 2.29. The number of anilines is 1. The van der Waals surface area contributed by atoms with Crippen molar-refractivity contribution in [1.82, 2.24) is 0 Å². The average Bonchev–Trinajstić information content (AvgIpc) is 2.44. The van der Waals surface area contributed by atoms with Gasteiger partial charge < -0.3 is 16.2 Å².